The Hall–Kier alpha value is -1.68. The lowest BCUT2D eigenvalue weighted by Gasteiger charge is -1.97. The number of aromatic nitrogens is 1. The monoisotopic (exact) mass is 204 g/mol. The molecule has 0 saturated carbocycles. The quantitative estimate of drug-likeness (QED) is 0.761. The number of hydrogen-bond acceptors (Lipinski definition) is 4. The van der Waals surface area contributed by atoms with Crippen LogP contribution in [0.3, 0.4) is 0 Å². The molecule has 2 rings (SSSR count). The van der Waals surface area contributed by atoms with Gasteiger partial charge in [0.15, 0.2) is 0 Å². The Kier molecular flexibility index (Phi) is 2.28. The molecule has 0 saturated heterocycles. The smallest absolute Gasteiger partial charge is 0.214 e. The second kappa shape index (κ2) is 3.59. The van der Waals surface area contributed by atoms with Crippen LogP contribution in [-0.4, -0.2) is 10.8 Å². The third-order valence-electron chi connectivity index (χ3n) is 1.85. The SMILES string of the molecule is Nc1scnc1C(=O)c1ccccc1. The van der Waals surface area contributed by atoms with Crippen LogP contribution in [0.25, 0.3) is 0 Å². The summed E-state index contributed by atoms with van der Waals surface area (Å²) in [5, 5.41) is 0.471. The van der Waals surface area contributed by atoms with E-state index in [4.69, 9.17) is 5.73 Å². The van der Waals surface area contributed by atoms with E-state index in [1.807, 2.05) is 18.2 Å². The molecule has 0 aliphatic carbocycles. The predicted molar refractivity (Wildman–Crippen MR) is 56.4 cm³/mol. The largest absolute Gasteiger partial charge is 0.389 e. The van der Waals surface area contributed by atoms with Gasteiger partial charge in [0, 0.05) is 5.56 Å². The van der Waals surface area contributed by atoms with E-state index < -0.39 is 0 Å². The minimum absolute atomic E-state index is 0.121. The molecule has 3 nitrogen and oxygen atoms in total. The molecule has 0 aliphatic heterocycles. The van der Waals surface area contributed by atoms with E-state index in [0.717, 1.165) is 0 Å². The maximum atomic E-state index is 11.8. The van der Waals surface area contributed by atoms with Crippen molar-refractivity contribution in [2.24, 2.45) is 0 Å². The van der Waals surface area contributed by atoms with Gasteiger partial charge >= 0.3 is 0 Å². The lowest BCUT2D eigenvalue weighted by atomic mass is 10.1. The van der Waals surface area contributed by atoms with Crippen LogP contribution in [0.4, 0.5) is 5.00 Å². The fourth-order valence-corrected chi connectivity index (χ4v) is 1.68. The van der Waals surface area contributed by atoms with Crippen molar-refractivity contribution < 1.29 is 4.79 Å². The van der Waals surface area contributed by atoms with Gasteiger partial charge < -0.3 is 5.73 Å². The Morgan fingerprint density at radius 2 is 2.00 bits per heavy atom. The Labute approximate surface area is 85.2 Å². The summed E-state index contributed by atoms with van der Waals surface area (Å²) in [4.78, 5) is 15.7. The maximum absolute atomic E-state index is 11.8. The first kappa shape index (κ1) is 8.90. The molecule has 0 spiro atoms. The van der Waals surface area contributed by atoms with E-state index in [9.17, 15) is 4.79 Å². The van der Waals surface area contributed by atoms with Gasteiger partial charge in [0.25, 0.3) is 0 Å². The van der Waals surface area contributed by atoms with Gasteiger partial charge in [-0.1, -0.05) is 30.3 Å². The molecule has 1 aromatic carbocycles. The van der Waals surface area contributed by atoms with Crippen LogP contribution in [0.1, 0.15) is 16.1 Å². The standard InChI is InChI=1S/C10H8N2OS/c11-10-8(12-6-14-10)9(13)7-4-2-1-3-5-7/h1-6H,11H2. The molecule has 0 amide bonds. The lowest BCUT2D eigenvalue weighted by molar-refractivity contribution is 0.103. The average Bonchev–Trinajstić information content (AvgIpc) is 2.65. The van der Waals surface area contributed by atoms with Gasteiger partial charge in [-0.3, -0.25) is 4.79 Å². The highest BCUT2D eigenvalue weighted by molar-refractivity contribution is 7.14. The second-order valence-corrected chi connectivity index (χ2v) is 3.65. The van der Waals surface area contributed by atoms with Crippen LogP contribution in [0.5, 0.6) is 0 Å². The van der Waals surface area contributed by atoms with Gasteiger partial charge in [0.05, 0.1) is 5.51 Å². The number of carbonyl (C=O) groups excluding carboxylic acids is 1. The molecule has 1 heterocycles. The highest BCUT2D eigenvalue weighted by Crippen LogP contribution is 2.18. The van der Waals surface area contributed by atoms with E-state index in [0.29, 0.717) is 16.3 Å². The van der Waals surface area contributed by atoms with Gasteiger partial charge in [-0.2, -0.15) is 0 Å². The molecule has 0 aliphatic rings. The molecular weight excluding hydrogens is 196 g/mol. The van der Waals surface area contributed by atoms with Crippen LogP contribution in [0, 0.1) is 0 Å². The maximum Gasteiger partial charge on any atom is 0.214 e. The zero-order chi connectivity index (χ0) is 9.97. The van der Waals surface area contributed by atoms with Crippen molar-refractivity contribution in [3.05, 3.63) is 47.1 Å². The highest BCUT2D eigenvalue weighted by Gasteiger charge is 2.13. The zero-order valence-electron chi connectivity index (χ0n) is 7.31. The van der Waals surface area contributed by atoms with E-state index >= 15 is 0 Å². The average molecular weight is 204 g/mol. The molecule has 0 atom stereocenters. The summed E-state index contributed by atoms with van der Waals surface area (Å²) in [5.41, 5.74) is 8.15. The van der Waals surface area contributed by atoms with Crippen molar-refractivity contribution in [2.45, 2.75) is 0 Å². The van der Waals surface area contributed by atoms with Crippen molar-refractivity contribution in [1.82, 2.24) is 4.98 Å². The number of carbonyl (C=O) groups is 1. The van der Waals surface area contributed by atoms with Crippen molar-refractivity contribution >= 4 is 22.1 Å². The first-order valence-corrected chi connectivity index (χ1v) is 4.95. The summed E-state index contributed by atoms with van der Waals surface area (Å²) in [7, 11) is 0. The third kappa shape index (κ3) is 1.52. The Balaban J connectivity index is 2.39. The predicted octanol–water partition coefficient (Wildman–Crippen LogP) is 1.96. The first-order valence-electron chi connectivity index (χ1n) is 4.08. The number of rotatable bonds is 2. The lowest BCUT2D eigenvalue weighted by Crippen LogP contribution is -2.03. The Bertz CT molecular complexity index is 450. The molecule has 0 radical (unpaired) electrons. The molecule has 2 N–H and O–H groups in total. The first-order chi connectivity index (χ1) is 6.79. The van der Waals surface area contributed by atoms with Gasteiger partial charge in [-0.25, -0.2) is 4.98 Å². The van der Waals surface area contributed by atoms with Gasteiger partial charge in [0.1, 0.15) is 10.7 Å². The van der Waals surface area contributed by atoms with Crippen molar-refractivity contribution in [2.75, 3.05) is 5.73 Å². The van der Waals surface area contributed by atoms with Crippen LogP contribution in [-0.2, 0) is 0 Å². The fraction of sp³-hybridized carbons (Fsp3) is 0. The van der Waals surface area contributed by atoms with Crippen molar-refractivity contribution in [1.29, 1.82) is 0 Å². The Morgan fingerprint density at radius 1 is 1.29 bits per heavy atom. The van der Waals surface area contributed by atoms with E-state index in [-0.39, 0.29) is 5.78 Å². The minimum atomic E-state index is -0.121. The number of nitrogens with two attached hydrogens (primary N) is 1. The van der Waals surface area contributed by atoms with Crippen molar-refractivity contribution in [3.63, 3.8) is 0 Å². The number of hydrogen-bond donors (Lipinski definition) is 1. The molecule has 0 bridgehead atoms. The summed E-state index contributed by atoms with van der Waals surface area (Å²) >= 11 is 1.27. The molecule has 0 fully saturated rings. The van der Waals surface area contributed by atoms with Crippen molar-refractivity contribution in [3.8, 4) is 0 Å². The molecular formula is C10H8N2OS. The summed E-state index contributed by atoms with van der Waals surface area (Å²) in [6, 6.07) is 9.00. The summed E-state index contributed by atoms with van der Waals surface area (Å²) in [5.74, 6) is -0.121. The van der Waals surface area contributed by atoms with Crippen LogP contribution < -0.4 is 5.73 Å². The van der Waals surface area contributed by atoms with Crippen LogP contribution in [0.15, 0.2) is 35.8 Å². The summed E-state index contributed by atoms with van der Waals surface area (Å²) in [6.07, 6.45) is 0. The molecule has 4 heteroatoms. The topological polar surface area (TPSA) is 56.0 Å². The number of anilines is 1. The summed E-state index contributed by atoms with van der Waals surface area (Å²) in [6.45, 7) is 0. The molecule has 14 heavy (non-hydrogen) atoms. The minimum Gasteiger partial charge on any atom is -0.389 e. The van der Waals surface area contributed by atoms with E-state index in [1.54, 1.807) is 17.6 Å². The molecule has 1 aromatic heterocycles. The number of benzene rings is 1. The Morgan fingerprint density at radius 3 is 2.57 bits per heavy atom. The molecule has 0 unspecified atom stereocenters. The number of thiazole rings is 1. The normalized spacial score (nSPS) is 10.0. The zero-order valence-corrected chi connectivity index (χ0v) is 8.12. The van der Waals surface area contributed by atoms with E-state index in [2.05, 4.69) is 4.98 Å². The second-order valence-electron chi connectivity index (χ2n) is 2.76. The van der Waals surface area contributed by atoms with Gasteiger partial charge in [-0.05, 0) is 0 Å². The van der Waals surface area contributed by atoms with Gasteiger partial charge in [-0.15, -0.1) is 11.3 Å². The number of ketones is 1. The number of nitrogen functional groups attached to an aromatic ring is 1. The molecule has 2 aromatic rings. The number of nitrogens with zero attached hydrogens (tertiary/aromatic N) is 1. The highest BCUT2D eigenvalue weighted by atomic mass is 32.1. The van der Waals surface area contributed by atoms with Crippen LogP contribution in [0.2, 0.25) is 0 Å². The summed E-state index contributed by atoms with van der Waals surface area (Å²) < 4.78 is 0. The van der Waals surface area contributed by atoms with Crippen LogP contribution >= 0.6 is 11.3 Å². The molecule has 70 valence electrons. The van der Waals surface area contributed by atoms with Gasteiger partial charge in [0.2, 0.25) is 5.78 Å². The fourth-order valence-electron chi connectivity index (χ4n) is 1.15. The van der Waals surface area contributed by atoms with E-state index in [1.165, 1.54) is 11.3 Å². The third-order valence-corrected chi connectivity index (χ3v) is 2.50.